The van der Waals surface area contributed by atoms with Crippen molar-refractivity contribution in [3.63, 3.8) is 0 Å². The van der Waals surface area contributed by atoms with Gasteiger partial charge in [-0.05, 0) is 32.7 Å². The van der Waals surface area contributed by atoms with E-state index in [9.17, 15) is 0 Å². The van der Waals surface area contributed by atoms with Gasteiger partial charge in [0, 0.05) is 25.4 Å². The lowest BCUT2D eigenvalue weighted by molar-refractivity contribution is 0.232. The summed E-state index contributed by atoms with van der Waals surface area (Å²) in [5.74, 6) is 1.31. The van der Waals surface area contributed by atoms with E-state index < -0.39 is 0 Å². The van der Waals surface area contributed by atoms with E-state index in [1.54, 1.807) is 12.3 Å². The summed E-state index contributed by atoms with van der Waals surface area (Å²) in [6.07, 6.45) is 1.84. The quantitative estimate of drug-likeness (QED) is 0.818. The van der Waals surface area contributed by atoms with Crippen molar-refractivity contribution in [1.29, 1.82) is 0 Å². The van der Waals surface area contributed by atoms with E-state index in [1.165, 1.54) is 0 Å². The Morgan fingerprint density at radius 3 is 2.63 bits per heavy atom. The summed E-state index contributed by atoms with van der Waals surface area (Å²) in [6.45, 7) is 12.6. The Balaban J connectivity index is 2.86. The van der Waals surface area contributed by atoms with Crippen LogP contribution < -0.4 is 15.4 Å². The predicted octanol–water partition coefficient (Wildman–Crippen LogP) is 2.08. The van der Waals surface area contributed by atoms with Gasteiger partial charge in [0.1, 0.15) is 0 Å². The van der Waals surface area contributed by atoms with Crippen LogP contribution >= 0.6 is 0 Å². The van der Waals surface area contributed by atoms with E-state index in [-0.39, 0.29) is 11.5 Å². The number of hydrogen-bond donors (Lipinski definition) is 1. The molecule has 0 fully saturated rings. The van der Waals surface area contributed by atoms with Gasteiger partial charge in [-0.15, -0.1) is 0 Å². The normalized spacial score (nSPS) is 11.7. The molecule has 1 aromatic rings. The molecule has 0 radical (unpaired) electrons. The second-order valence-electron chi connectivity index (χ2n) is 5.74. The van der Waals surface area contributed by atoms with Crippen molar-refractivity contribution in [3.05, 3.63) is 12.3 Å². The summed E-state index contributed by atoms with van der Waals surface area (Å²) < 4.78 is 5.60. The van der Waals surface area contributed by atoms with Gasteiger partial charge in [0.05, 0.1) is 6.10 Å². The maximum absolute atomic E-state index is 5.79. The number of rotatable bonds is 7. The molecule has 0 amide bonds. The van der Waals surface area contributed by atoms with Gasteiger partial charge in [-0.2, -0.15) is 4.98 Å². The van der Waals surface area contributed by atoms with Crippen LogP contribution in [0.25, 0.3) is 0 Å². The smallest absolute Gasteiger partial charge is 0.228 e. The predicted molar refractivity (Wildman–Crippen MR) is 78.5 cm³/mol. The molecule has 0 saturated heterocycles. The Kier molecular flexibility index (Phi) is 5.54. The molecule has 0 saturated carbocycles. The van der Waals surface area contributed by atoms with Gasteiger partial charge in [0.2, 0.25) is 11.8 Å². The average molecular weight is 266 g/mol. The molecule has 0 atom stereocenters. The number of nitrogens with two attached hydrogens (primary N) is 1. The van der Waals surface area contributed by atoms with Crippen LogP contribution in [0.5, 0.6) is 5.88 Å². The summed E-state index contributed by atoms with van der Waals surface area (Å²) in [4.78, 5) is 10.9. The molecule has 5 heteroatoms. The molecule has 0 unspecified atom stereocenters. The Morgan fingerprint density at radius 2 is 2.11 bits per heavy atom. The highest BCUT2D eigenvalue weighted by Crippen LogP contribution is 2.20. The molecule has 1 rings (SSSR count). The molecule has 5 nitrogen and oxygen atoms in total. The third-order valence-corrected chi connectivity index (χ3v) is 2.81. The Bertz CT molecular complexity index is 393. The van der Waals surface area contributed by atoms with Gasteiger partial charge in [-0.3, -0.25) is 0 Å². The van der Waals surface area contributed by atoms with Gasteiger partial charge in [0.25, 0.3) is 0 Å². The minimum absolute atomic E-state index is 0.0360. The highest BCUT2D eigenvalue weighted by Gasteiger charge is 2.21. The highest BCUT2D eigenvalue weighted by molar-refractivity contribution is 5.32. The fourth-order valence-corrected chi connectivity index (χ4v) is 1.70. The van der Waals surface area contributed by atoms with Gasteiger partial charge >= 0.3 is 0 Å². The summed E-state index contributed by atoms with van der Waals surface area (Å²) >= 11 is 0. The molecule has 0 aliphatic carbocycles. The molecule has 0 aliphatic heterocycles. The zero-order chi connectivity index (χ0) is 14.5. The average Bonchev–Trinajstić information content (AvgIpc) is 2.35. The van der Waals surface area contributed by atoms with Crippen molar-refractivity contribution in [2.75, 3.05) is 24.5 Å². The van der Waals surface area contributed by atoms with Crippen LogP contribution in [-0.4, -0.2) is 35.7 Å². The van der Waals surface area contributed by atoms with Crippen LogP contribution in [0.2, 0.25) is 0 Å². The van der Waals surface area contributed by atoms with Crippen molar-refractivity contribution >= 4 is 5.95 Å². The minimum atomic E-state index is 0.0360. The fourth-order valence-electron chi connectivity index (χ4n) is 1.70. The minimum Gasteiger partial charge on any atom is -0.475 e. The third-order valence-electron chi connectivity index (χ3n) is 2.81. The van der Waals surface area contributed by atoms with Crippen LogP contribution in [0, 0.1) is 5.41 Å². The van der Waals surface area contributed by atoms with Crippen molar-refractivity contribution < 1.29 is 4.74 Å². The molecular formula is C14H26N4O. The number of anilines is 1. The molecule has 0 bridgehead atoms. The SMILES string of the molecule is CCN(CC(C)(C)CN)c1nccc(OC(C)C)n1. The number of hydrogen-bond acceptors (Lipinski definition) is 5. The second-order valence-corrected chi connectivity index (χ2v) is 5.74. The summed E-state index contributed by atoms with van der Waals surface area (Å²) in [7, 11) is 0. The van der Waals surface area contributed by atoms with Crippen molar-refractivity contribution in [2.45, 2.75) is 40.7 Å². The molecule has 1 aromatic heterocycles. The number of nitrogens with zero attached hydrogens (tertiary/aromatic N) is 3. The molecular weight excluding hydrogens is 240 g/mol. The van der Waals surface area contributed by atoms with Gasteiger partial charge in [-0.1, -0.05) is 13.8 Å². The van der Waals surface area contributed by atoms with Crippen LogP contribution in [0.4, 0.5) is 5.95 Å². The largest absolute Gasteiger partial charge is 0.475 e. The monoisotopic (exact) mass is 266 g/mol. The second kappa shape index (κ2) is 6.70. The zero-order valence-corrected chi connectivity index (χ0v) is 12.7. The maximum Gasteiger partial charge on any atom is 0.228 e. The summed E-state index contributed by atoms with van der Waals surface area (Å²) in [6, 6.07) is 1.78. The van der Waals surface area contributed by atoms with E-state index in [0.29, 0.717) is 18.4 Å². The first-order valence-electron chi connectivity index (χ1n) is 6.82. The van der Waals surface area contributed by atoms with Gasteiger partial charge in [-0.25, -0.2) is 4.98 Å². The Labute approximate surface area is 116 Å². The lowest BCUT2D eigenvalue weighted by atomic mass is 9.93. The molecule has 2 N–H and O–H groups in total. The fraction of sp³-hybridized carbons (Fsp3) is 0.714. The van der Waals surface area contributed by atoms with Gasteiger partial charge < -0.3 is 15.4 Å². The maximum atomic E-state index is 5.79. The lowest BCUT2D eigenvalue weighted by Gasteiger charge is -2.31. The van der Waals surface area contributed by atoms with Crippen LogP contribution in [0.15, 0.2) is 12.3 Å². The molecule has 0 spiro atoms. The Hall–Kier alpha value is -1.36. The topological polar surface area (TPSA) is 64.3 Å². The summed E-state index contributed by atoms with van der Waals surface area (Å²) in [5, 5.41) is 0. The van der Waals surface area contributed by atoms with Crippen molar-refractivity contribution in [1.82, 2.24) is 9.97 Å². The lowest BCUT2D eigenvalue weighted by Crippen LogP contribution is -2.39. The van der Waals surface area contributed by atoms with Crippen LogP contribution in [0.3, 0.4) is 0 Å². The van der Waals surface area contributed by atoms with E-state index in [1.807, 2.05) is 13.8 Å². The van der Waals surface area contributed by atoms with E-state index in [2.05, 4.69) is 35.6 Å². The first kappa shape index (κ1) is 15.7. The van der Waals surface area contributed by atoms with Crippen LogP contribution in [-0.2, 0) is 0 Å². The molecule has 1 heterocycles. The third kappa shape index (κ3) is 5.03. The standard InChI is InChI=1S/C14H26N4O/c1-6-18(10-14(4,5)9-15)13-16-8-7-12(17-13)19-11(2)3/h7-8,11H,6,9-10,15H2,1-5H3. The number of ether oxygens (including phenoxy) is 1. The van der Waals surface area contributed by atoms with E-state index in [0.717, 1.165) is 13.1 Å². The Morgan fingerprint density at radius 1 is 1.42 bits per heavy atom. The van der Waals surface area contributed by atoms with Crippen molar-refractivity contribution in [2.24, 2.45) is 11.1 Å². The van der Waals surface area contributed by atoms with Crippen LogP contribution in [0.1, 0.15) is 34.6 Å². The van der Waals surface area contributed by atoms with E-state index >= 15 is 0 Å². The van der Waals surface area contributed by atoms with Crippen molar-refractivity contribution in [3.8, 4) is 5.88 Å². The first-order chi connectivity index (χ1) is 8.88. The molecule has 0 aromatic carbocycles. The van der Waals surface area contributed by atoms with Gasteiger partial charge in [0.15, 0.2) is 0 Å². The number of aromatic nitrogens is 2. The molecule has 0 aliphatic rings. The molecule has 108 valence electrons. The molecule has 19 heavy (non-hydrogen) atoms. The highest BCUT2D eigenvalue weighted by atomic mass is 16.5. The van der Waals surface area contributed by atoms with E-state index in [4.69, 9.17) is 10.5 Å². The summed E-state index contributed by atoms with van der Waals surface area (Å²) in [5.41, 5.74) is 5.83. The first-order valence-corrected chi connectivity index (χ1v) is 6.82. The zero-order valence-electron chi connectivity index (χ0n) is 12.7.